The van der Waals surface area contributed by atoms with Crippen molar-refractivity contribution in [3.63, 3.8) is 0 Å². The molecule has 0 unspecified atom stereocenters. The predicted octanol–water partition coefficient (Wildman–Crippen LogP) is 2.07. The number of rotatable bonds is 4. The van der Waals surface area contributed by atoms with Gasteiger partial charge in [0.2, 0.25) is 0 Å². The van der Waals surface area contributed by atoms with Gasteiger partial charge >= 0.3 is 0 Å². The zero-order valence-corrected chi connectivity index (χ0v) is 8.51. The maximum Gasteiger partial charge on any atom is 0.126 e. The summed E-state index contributed by atoms with van der Waals surface area (Å²) in [6, 6.07) is 3.02. The fraction of sp³-hybridized carbons (Fsp3) is 0.455. The van der Waals surface area contributed by atoms with Crippen LogP contribution in [0.4, 0.5) is 4.39 Å². The predicted molar refractivity (Wildman–Crippen MR) is 53.1 cm³/mol. The van der Waals surface area contributed by atoms with Gasteiger partial charge in [-0.3, -0.25) is 0 Å². The molecule has 78 valence electrons. The van der Waals surface area contributed by atoms with Crippen molar-refractivity contribution in [1.29, 1.82) is 0 Å². The van der Waals surface area contributed by atoms with Crippen LogP contribution in [-0.2, 0) is 6.42 Å². The van der Waals surface area contributed by atoms with Crippen LogP contribution in [0.3, 0.4) is 0 Å². The van der Waals surface area contributed by atoms with Crippen LogP contribution in [0.15, 0.2) is 12.1 Å². The molecule has 0 aromatic heterocycles. The highest BCUT2D eigenvalue weighted by Gasteiger charge is 2.09. The Bertz CT molecular complexity index is 310. The van der Waals surface area contributed by atoms with Gasteiger partial charge < -0.3 is 9.84 Å². The van der Waals surface area contributed by atoms with Crippen LogP contribution in [0, 0.1) is 12.7 Å². The van der Waals surface area contributed by atoms with E-state index in [2.05, 4.69) is 0 Å². The van der Waals surface area contributed by atoms with Crippen LogP contribution in [-0.4, -0.2) is 18.8 Å². The third kappa shape index (κ3) is 2.23. The van der Waals surface area contributed by atoms with Gasteiger partial charge in [-0.1, -0.05) is 0 Å². The molecule has 0 aliphatic heterocycles. The molecule has 0 aliphatic carbocycles. The molecule has 1 aromatic carbocycles. The number of ether oxygens (including phenoxy) is 1. The summed E-state index contributed by atoms with van der Waals surface area (Å²) in [6.07, 6.45) is 1.12. The van der Waals surface area contributed by atoms with Gasteiger partial charge in [0.1, 0.15) is 11.6 Å². The van der Waals surface area contributed by atoms with Crippen molar-refractivity contribution in [1.82, 2.24) is 0 Å². The minimum Gasteiger partial charge on any atom is -0.496 e. The molecule has 0 atom stereocenters. The van der Waals surface area contributed by atoms with E-state index < -0.39 is 0 Å². The van der Waals surface area contributed by atoms with Crippen molar-refractivity contribution < 1.29 is 14.2 Å². The summed E-state index contributed by atoms with van der Waals surface area (Å²) in [5.74, 6) is 0.469. The third-order valence-electron chi connectivity index (χ3n) is 2.30. The Morgan fingerprint density at radius 3 is 2.71 bits per heavy atom. The first-order chi connectivity index (χ1) is 6.70. The van der Waals surface area contributed by atoms with Gasteiger partial charge in [0.25, 0.3) is 0 Å². The molecule has 0 amide bonds. The molecule has 1 rings (SSSR count). The SMILES string of the molecule is COc1ccc(F)c(CCCO)c1C. The van der Waals surface area contributed by atoms with E-state index in [1.165, 1.54) is 6.07 Å². The van der Waals surface area contributed by atoms with E-state index in [1.807, 2.05) is 6.92 Å². The second-order valence-corrected chi connectivity index (χ2v) is 3.18. The number of halogens is 1. The molecule has 0 fully saturated rings. The molecular formula is C11H15FO2. The minimum absolute atomic E-state index is 0.0795. The van der Waals surface area contributed by atoms with Gasteiger partial charge in [-0.2, -0.15) is 0 Å². The van der Waals surface area contributed by atoms with Gasteiger partial charge in [-0.15, -0.1) is 0 Å². The Kier molecular flexibility index (Phi) is 3.89. The molecule has 0 bridgehead atoms. The van der Waals surface area contributed by atoms with Crippen LogP contribution in [0.2, 0.25) is 0 Å². The fourth-order valence-corrected chi connectivity index (χ4v) is 1.49. The average molecular weight is 198 g/mol. The quantitative estimate of drug-likeness (QED) is 0.802. The lowest BCUT2D eigenvalue weighted by Gasteiger charge is -2.10. The summed E-state index contributed by atoms with van der Waals surface area (Å²) in [4.78, 5) is 0. The number of hydrogen-bond donors (Lipinski definition) is 1. The Morgan fingerprint density at radius 2 is 2.14 bits per heavy atom. The van der Waals surface area contributed by atoms with Crippen LogP contribution >= 0.6 is 0 Å². The largest absolute Gasteiger partial charge is 0.496 e. The van der Waals surface area contributed by atoms with Gasteiger partial charge in [0, 0.05) is 6.61 Å². The first-order valence-electron chi connectivity index (χ1n) is 4.63. The van der Waals surface area contributed by atoms with Crippen LogP contribution < -0.4 is 4.74 Å². The van der Waals surface area contributed by atoms with Gasteiger partial charge in [0.05, 0.1) is 7.11 Å². The van der Waals surface area contributed by atoms with E-state index in [-0.39, 0.29) is 12.4 Å². The van der Waals surface area contributed by atoms with E-state index >= 15 is 0 Å². The van der Waals surface area contributed by atoms with E-state index in [1.54, 1.807) is 13.2 Å². The molecule has 1 N–H and O–H groups in total. The Labute approximate surface area is 83.3 Å². The summed E-state index contributed by atoms with van der Waals surface area (Å²) in [5, 5.41) is 8.68. The highest BCUT2D eigenvalue weighted by molar-refractivity contribution is 5.40. The summed E-state index contributed by atoms with van der Waals surface area (Å²) < 4.78 is 18.4. The maximum absolute atomic E-state index is 13.4. The normalized spacial score (nSPS) is 10.3. The van der Waals surface area contributed by atoms with Crippen LogP contribution in [0.5, 0.6) is 5.75 Å². The molecule has 0 aliphatic rings. The van der Waals surface area contributed by atoms with E-state index in [0.29, 0.717) is 24.2 Å². The first-order valence-corrected chi connectivity index (χ1v) is 4.63. The summed E-state index contributed by atoms with van der Waals surface area (Å²) in [5.41, 5.74) is 1.46. The zero-order valence-electron chi connectivity index (χ0n) is 8.51. The minimum atomic E-state index is -0.225. The van der Waals surface area contributed by atoms with Crippen LogP contribution in [0.25, 0.3) is 0 Å². The first kappa shape index (κ1) is 11.0. The number of hydrogen-bond acceptors (Lipinski definition) is 2. The number of benzene rings is 1. The standard InChI is InChI=1S/C11H15FO2/c1-8-9(4-3-7-13)10(12)5-6-11(8)14-2/h5-6,13H,3-4,7H2,1-2H3. The van der Waals surface area contributed by atoms with E-state index in [4.69, 9.17) is 9.84 Å². The highest BCUT2D eigenvalue weighted by atomic mass is 19.1. The molecule has 14 heavy (non-hydrogen) atoms. The van der Waals surface area contributed by atoms with Gasteiger partial charge in [-0.25, -0.2) is 4.39 Å². The molecule has 1 aromatic rings. The Hall–Kier alpha value is -1.09. The number of aliphatic hydroxyl groups is 1. The maximum atomic E-state index is 13.4. The van der Waals surface area contributed by atoms with Crippen LogP contribution in [0.1, 0.15) is 17.5 Å². The van der Waals surface area contributed by atoms with Crippen molar-refractivity contribution in [2.75, 3.05) is 13.7 Å². The van der Waals surface area contributed by atoms with Crippen molar-refractivity contribution in [2.24, 2.45) is 0 Å². The monoisotopic (exact) mass is 198 g/mol. The fourth-order valence-electron chi connectivity index (χ4n) is 1.49. The highest BCUT2D eigenvalue weighted by Crippen LogP contribution is 2.24. The average Bonchev–Trinajstić information content (AvgIpc) is 2.18. The topological polar surface area (TPSA) is 29.5 Å². The lowest BCUT2D eigenvalue weighted by Crippen LogP contribution is -1.99. The van der Waals surface area contributed by atoms with E-state index in [9.17, 15) is 4.39 Å². The molecule has 2 nitrogen and oxygen atoms in total. The molecule has 0 saturated heterocycles. The summed E-state index contributed by atoms with van der Waals surface area (Å²) in [6.45, 7) is 1.91. The summed E-state index contributed by atoms with van der Waals surface area (Å²) >= 11 is 0. The molecule has 0 saturated carbocycles. The molecule has 0 radical (unpaired) electrons. The summed E-state index contributed by atoms with van der Waals surface area (Å²) in [7, 11) is 1.57. The number of methoxy groups -OCH3 is 1. The Balaban J connectivity index is 2.99. The van der Waals surface area contributed by atoms with Gasteiger partial charge in [-0.05, 0) is 43.0 Å². The third-order valence-corrected chi connectivity index (χ3v) is 2.30. The second kappa shape index (κ2) is 4.96. The van der Waals surface area contributed by atoms with Crippen molar-refractivity contribution >= 4 is 0 Å². The zero-order chi connectivity index (χ0) is 10.6. The molecule has 3 heteroatoms. The van der Waals surface area contributed by atoms with E-state index in [0.717, 1.165) is 5.56 Å². The lowest BCUT2D eigenvalue weighted by atomic mass is 10.0. The van der Waals surface area contributed by atoms with Gasteiger partial charge in [0.15, 0.2) is 0 Å². The molecule has 0 heterocycles. The lowest BCUT2D eigenvalue weighted by molar-refractivity contribution is 0.287. The second-order valence-electron chi connectivity index (χ2n) is 3.18. The van der Waals surface area contributed by atoms with Crippen molar-refractivity contribution in [3.8, 4) is 5.75 Å². The Morgan fingerprint density at radius 1 is 1.43 bits per heavy atom. The van der Waals surface area contributed by atoms with Crippen molar-refractivity contribution in [3.05, 3.63) is 29.1 Å². The molecule has 0 spiro atoms. The number of aliphatic hydroxyl groups excluding tert-OH is 1. The van der Waals surface area contributed by atoms with Crippen molar-refractivity contribution in [2.45, 2.75) is 19.8 Å². The smallest absolute Gasteiger partial charge is 0.126 e. The molecular weight excluding hydrogens is 183 g/mol.